The van der Waals surface area contributed by atoms with E-state index >= 15 is 0 Å². The first kappa shape index (κ1) is 16.1. The van der Waals surface area contributed by atoms with E-state index in [0.717, 1.165) is 17.7 Å². The Morgan fingerprint density at radius 2 is 1.77 bits per heavy atom. The van der Waals surface area contributed by atoms with Gasteiger partial charge in [0.15, 0.2) is 0 Å². The summed E-state index contributed by atoms with van der Waals surface area (Å²) in [5, 5.41) is 5.90. The number of urea groups is 1. The van der Waals surface area contributed by atoms with Crippen molar-refractivity contribution in [2.24, 2.45) is 0 Å². The molecule has 0 aromatic heterocycles. The highest BCUT2D eigenvalue weighted by atomic mass is 16.2. The van der Waals surface area contributed by atoms with Crippen LogP contribution in [0.2, 0.25) is 0 Å². The van der Waals surface area contributed by atoms with Gasteiger partial charge in [0, 0.05) is 11.7 Å². The highest BCUT2D eigenvalue weighted by molar-refractivity contribution is 5.90. The quantitative estimate of drug-likeness (QED) is 0.864. The summed E-state index contributed by atoms with van der Waals surface area (Å²) in [6.07, 6.45) is 0.821. The molecule has 0 saturated heterocycles. The second kappa shape index (κ2) is 7.12. The summed E-state index contributed by atoms with van der Waals surface area (Å²) >= 11 is 0. The van der Waals surface area contributed by atoms with E-state index in [4.69, 9.17) is 0 Å². The molecule has 2 aromatic carbocycles. The fourth-order valence-corrected chi connectivity index (χ4v) is 2.58. The maximum atomic E-state index is 12.1. The normalized spacial score (nSPS) is 11.8. The predicted octanol–water partition coefficient (Wildman–Crippen LogP) is 4.36. The van der Waals surface area contributed by atoms with Gasteiger partial charge in [0.1, 0.15) is 0 Å². The largest absolute Gasteiger partial charge is 0.335 e. The molecule has 0 heterocycles. The second-order valence-electron chi connectivity index (χ2n) is 6.01. The number of aryl methyl sites for hydroxylation is 3. The molecule has 116 valence electrons. The zero-order valence-electron chi connectivity index (χ0n) is 13.7. The van der Waals surface area contributed by atoms with E-state index in [9.17, 15) is 4.79 Å². The lowest BCUT2D eigenvalue weighted by molar-refractivity contribution is 0.249. The van der Waals surface area contributed by atoms with Crippen LogP contribution in [0.4, 0.5) is 10.5 Å². The van der Waals surface area contributed by atoms with Gasteiger partial charge in [0.05, 0.1) is 0 Å². The van der Waals surface area contributed by atoms with Crippen molar-refractivity contribution in [1.82, 2.24) is 5.32 Å². The van der Waals surface area contributed by atoms with Gasteiger partial charge < -0.3 is 10.6 Å². The minimum Gasteiger partial charge on any atom is -0.335 e. The number of carbonyl (C=O) groups is 1. The smallest absolute Gasteiger partial charge is 0.319 e. The van der Waals surface area contributed by atoms with Crippen molar-refractivity contribution in [2.45, 2.75) is 40.2 Å². The molecule has 0 fully saturated rings. The van der Waals surface area contributed by atoms with E-state index in [0.29, 0.717) is 0 Å². The standard InChI is InChI=1S/C19H24N2O/c1-13-6-5-7-17(11-13)12-16(4)20-19(22)21-18-9-8-14(2)10-15(18)3/h5-11,16H,12H2,1-4H3,(H2,20,21,22). The van der Waals surface area contributed by atoms with E-state index in [2.05, 4.69) is 41.8 Å². The topological polar surface area (TPSA) is 41.1 Å². The molecule has 2 rings (SSSR count). The molecule has 2 aromatic rings. The lowest BCUT2D eigenvalue weighted by Crippen LogP contribution is -2.37. The first-order valence-electron chi connectivity index (χ1n) is 7.64. The molecular weight excluding hydrogens is 272 g/mol. The second-order valence-corrected chi connectivity index (χ2v) is 6.01. The zero-order valence-corrected chi connectivity index (χ0v) is 13.7. The lowest BCUT2D eigenvalue weighted by Gasteiger charge is -2.16. The van der Waals surface area contributed by atoms with Crippen LogP contribution in [0.5, 0.6) is 0 Å². The number of amides is 2. The molecular formula is C19H24N2O. The maximum Gasteiger partial charge on any atom is 0.319 e. The molecule has 1 atom stereocenters. The molecule has 0 bridgehead atoms. The van der Waals surface area contributed by atoms with Crippen molar-refractivity contribution < 1.29 is 4.79 Å². The fourth-order valence-electron chi connectivity index (χ4n) is 2.58. The van der Waals surface area contributed by atoms with Gasteiger partial charge in [0.2, 0.25) is 0 Å². The predicted molar refractivity (Wildman–Crippen MR) is 92.4 cm³/mol. The molecule has 1 unspecified atom stereocenters. The van der Waals surface area contributed by atoms with Gasteiger partial charge in [0.25, 0.3) is 0 Å². The molecule has 3 heteroatoms. The van der Waals surface area contributed by atoms with Crippen molar-refractivity contribution in [1.29, 1.82) is 0 Å². The van der Waals surface area contributed by atoms with Crippen LogP contribution in [-0.4, -0.2) is 12.1 Å². The van der Waals surface area contributed by atoms with Crippen LogP contribution in [0.3, 0.4) is 0 Å². The molecule has 0 aliphatic rings. The van der Waals surface area contributed by atoms with E-state index in [-0.39, 0.29) is 12.1 Å². The van der Waals surface area contributed by atoms with Crippen LogP contribution >= 0.6 is 0 Å². The summed E-state index contributed by atoms with van der Waals surface area (Å²) < 4.78 is 0. The summed E-state index contributed by atoms with van der Waals surface area (Å²) in [4.78, 5) is 12.1. The fraction of sp³-hybridized carbons (Fsp3) is 0.316. The van der Waals surface area contributed by atoms with Gasteiger partial charge in [-0.2, -0.15) is 0 Å². The third kappa shape index (κ3) is 4.62. The van der Waals surface area contributed by atoms with Crippen LogP contribution < -0.4 is 10.6 Å². The average molecular weight is 296 g/mol. The van der Waals surface area contributed by atoms with Crippen molar-refractivity contribution in [2.75, 3.05) is 5.32 Å². The molecule has 0 saturated carbocycles. The number of rotatable bonds is 4. The Bertz CT molecular complexity index is 664. The summed E-state index contributed by atoms with van der Waals surface area (Å²) in [6, 6.07) is 14.3. The minimum absolute atomic E-state index is 0.0764. The molecule has 0 aliphatic carbocycles. The Hall–Kier alpha value is -2.29. The van der Waals surface area contributed by atoms with Crippen molar-refractivity contribution in [3.8, 4) is 0 Å². The van der Waals surface area contributed by atoms with Gasteiger partial charge in [-0.05, 0) is 51.3 Å². The zero-order chi connectivity index (χ0) is 16.1. The van der Waals surface area contributed by atoms with Crippen molar-refractivity contribution in [3.63, 3.8) is 0 Å². The van der Waals surface area contributed by atoms with Crippen LogP contribution in [0.15, 0.2) is 42.5 Å². The molecule has 0 aliphatic heterocycles. The Balaban J connectivity index is 1.91. The number of benzene rings is 2. The highest BCUT2D eigenvalue weighted by Crippen LogP contribution is 2.16. The van der Waals surface area contributed by atoms with Gasteiger partial charge >= 0.3 is 6.03 Å². The van der Waals surface area contributed by atoms with E-state index in [1.54, 1.807) is 0 Å². The minimum atomic E-state index is -0.160. The number of hydrogen-bond acceptors (Lipinski definition) is 1. The molecule has 2 N–H and O–H groups in total. The lowest BCUT2D eigenvalue weighted by atomic mass is 10.1. The highest BCUT2D eigenvalue weighted by Gasteiger charge is 2.09. The van der Waals surface area contributed by atoms with Gasteiger partial charge in [-0.15, -0.1) is 0 Å². The molecule has 22 heavy (non-hydrogen) atoms. The number of anilines is 1. The first-order chi connectivity index (χ1) is 10.4. The van der Waals surface area contributed by atoms with Gasteiger partial charge in [-0.25, -0.2) is 4.79 Å². The Morgan fingerprint density at radius 3 is 2.45 bits per heavy atom. The van der Waals surface area contributed by atoms with E-state index in [1.807, 2.05) is 39.0 Å². The molecule has 2 amide bonds. The number of hydrogen-bond donors (Lipinski definition) is 2. The Morgan fingerprint density at radius 1 is 1.05 bits per heavy atom. The number of carbonyl (C=O) groups excluding carboxylic acids is 1. The van der Waals surface area contributed by atoms with Crippen molar-refractivity contribution >= 4 is 11.7 Å². The summed E-state index contributed by atoms with van der Waals surface area (Å²) in [6.45, 7) is 8.14. The third-order valence-electron chi connectivity index (χ3n) is 3.63. The van der Waals surface area contributed by atoms with E-state index < -0.39 is 0 Å². The van der Waals surface area contributed by atoms with Crippen molar-refractivity contribution in [3.05, 3.63) is 64.7 Å². The Labute approximate surface area is 132 Å². The van der Waals surface area contributed by atoms with Crippen LogP contribution in [0, 0.1) is 20.8 Å². The molecule has 0 radical (unpaired) electrons. The summed E-state index contributed by atoms with van der Waals surface area (Å²) in [5.41, 5.74) is 5.59. The first-order valence-corrected chi connectivity index (χ1v) is 7.64. The molecule has 3 nitrogen and oxygen atoms in total. The SMILES string of the molecule is Cc1cccc(CC(C)NC(=O)Nc2ccc(C)cc2C)c1. The van der Waals surface area contributed by atoms with Crippen LogP contribution in [0.25, 0.3) is 0 Å². The number of nitrogens with one attached hydrogen (secondary N) is 2. The monoisotopic (exact) mass is 296 g/mol. The van der Waals surface area contributed by atoms with E-state index in [1.165, 1.54) is 16.7 Å². The van der Waals surface area contributed by atoms with Crippen LogP contribution in [-0.2, 0) is 6.42 Å². The van der Waals surface area contributed by atoms with Crippen LogP contribution in [0.1, 0.15) is 29.2 Å². The third-order valence-corrected chi connectivity index (χ3v) is 3.63. The maximum absolute atomic E-state index is 12.1. The summed E-state index contributed by atoms with van der Waals surface area (Å²) in [7, 11) is 0. The Kier molecular flexibility index (Phi) is 5.21. The van der Waals surface area contributed by atoms with Gasteiger partial charge in [-0.3, -0.25) is 0 Å². The average Bonchev–Trinajstić information content (AvgIpc) is 2.41. The van der Waals surface area contributed by atoms with Gasteiger partial charge in [-0.1, -0.05) is 47.5 Å². The molecule has 0 spiro atoms. The summed E-state index contributed by atoms with van der Waals surface area (Å²) in [5.74, 6) is 0.